The highest BCUT2D eigenvalue weighted by molar-refractivity contribution is 6.18. The molecule has 0 radical (unpaired) electrons. The van der Waals surface area contributed by atoms with Gasteiger partial charge in [0.15, 0.2) is 0 Å². The normalized spacial score (nSPS) is 18.3. The van der Waals surface area contributed by atoms with Crippen molar-refractivity contribution in [1.29, 1.82) is 0 Å². The maximum atomic E-state index is 12.0. The van der Waals surface area contributed by atoms with Crippen LogP contribution in [0.5, 0.6) is 0 Å². The molecule has 1 saturated heterocycles. The van der Waals surface area contributed by atoms with E-state index in [2.05, 4.69) is 10.6 Å². The smallest absolute Gasteiger partial charge is 0.330 e. The summed E-state index contributed by atoms with van der Waals surface area (Å²) >= 11 is 0. The number of urea groups is 1. The third-order valence-electron chi connectivity index (χ3n) is 2.95. The predicted octanol–water partition coefficient (Wildman–Crippen LogP) is 0.00730. The topological polar surface area (TPSA) is 95.6 Å². The molecule has 1 rings (SSSR count). The van der Waals surface area contributed by atoms with E-state index in [4.69, 9.17) is 0 Å². The number of amides is 5. The van der Waals surface area contributed by atoms with E-state index in [-0.39, 0.29) is 18.9 Å². The highest BCUT2D eigenvalue weighted by atomic mass is 16.2. The quantitative estimate of drug-likeness (QED) is 0.687. The van der Waals surface area contributed by atoms with Crippen LogP contribution in [0, 0.1) is 5.41 Å². The molecular weight excluding hydrogens is 250 g/mol. The lowest BCUT2D eigenvalue weighted by Gasteiger charge is -2.34. The summed E-state index contributed by atoms with van der Waals surface area (Å²) in [5, 5.41) is 4.77. The molecule has 1 fully saturated rings. The van der Waals surface area contributed by atoms with Crippen LogP contribution in [0.3, 0.4) is 0 Å². The maximum Gasteiger partial charge on any atom is 0.330 e. The first-order valence-electron chi connectivity index (χ1n) is 6.24. The fourth-order valence-electron chi connectivity index (χ4n) is 1.62. The summed E-state index contributed by atoms with van der Waals surface area (Å²) in [6, 6.07) is -0.766. The SMILES string of the molecule is CCCNC(=O)CCN1C(=O)NC(=O)C(C)(C)C1=O. The van der Waals surface area contributed by atoms with Crippen LogP contribution in [0.4, 0.5) is 4.79 Å². The largest absolute Gasteiger partial charge is 0.356 e. The van der Waals surface area contributed by atoms with Gasteiger partial charge in [0.1, 0.15) is 5.41 Å². The summed E-state index contributed by atoms with van der Waals surface area (Å²) in [5.41, 5.74) is -1.28. The molecule has 0 saturated carbocycles. The summed E-state index contributed by atoms with van der Waals surface area (Å²) in [7, 11) is 0. The molecular formula is C12H19N3O4. The van der Waals surface area contributed by atoms with Crippen LogP contribution in [0.25, 0.3) is 0 Å². The molecule has 7 heteroatoms. The molecule has 19 heavy (non-hydrogen) atoms. The van der Waals surface area contributed by atoms with Crippen molar-refractivity contribution in [3.05, 3.63) is 0 Å². The zero-order valence-electron chi connectivity index (χ0n) is 11.4. The van der Waals surface area contributed by atoms with Crippen molar-refractivity contribution in [2.75, 3.05) is 13.1 Å². The highest BCUT2D eigenvalue weighted by Gasteiger charge is 2.46. The monoisotopic (exact) mass is 269 g/mol. The van der Waals surface area contributed by atoms with Gasteiger partial charge in [0, 0.05) is 19.5 Å². The molecule has 0 aromatic heterocycles. The summed E-state index contributed by atoms with van der Waals surface area (Å²) in [5.74, 6) is -1.42. The number of barbiturate groups is 1. The van der Waals surface area contributed by atoms with Crippen LogP contribution in [-0.4, -0.2) is 41.7 Å². The van der Waals surface area contributed by atoms with Crippen LogP contribution in [-0.2, 0) is 14.4 Å². The fraction of sp³-hybridized carbons (Fsp3) is 0.667. The number of hydrogen-bond acceptors (Lipinski definition) is 4. The van der Waals surface area contributed by atoms with Gasteiger partial charge in [0.25, 0.3) is 0 Å². The van der Waals surface area contributed by atoms with Gasteiger partial charge in [-0.3, -0.25) is 24.6 Å². The Morgan fingerprint density at radius 1 is 1.32 bits per heavy atom. The Morgan fingerprint density at radius 2 is 1.95 bits per heavy atom. The zero-order chi connectivity index (χ0) is 14.6. The van der Waals surface area contributed by atoms with Crippen LogP contribution in [0.1, 0.15) is 33.6 Å². The summed E-state index contributed by atoms with van der Waals surface area (Å²) in [6.45, 7) is 5.35. The third-order valence-corrected chi connectivity index (χ3v) is 2.95. The van der Waals surface area contributed by atoms with Gasteiger partial charge in [-0.2, -0.15) is 0 Å². The van der Waals surface area contributed by atoms with Crippen molar-refractivity contribution >= 4 is 23.8 Å². The van der Waals surface area contributed by atoms with E-state index in [1.54, 1.807) is 0 Å². The van der Waals surface area contributed by atoms with E-state index in [0.29, 0.717) is 6.54 Å². The molecule has 1 aliphatic rings. The second-order valence-electron chi connectivity index (χ2n) is 4.94. The first-order valence-corrected chi connectivity index (χ1v) is 6.24. The minimum absolute atomic E-state index is 0.0308. The van der Waals surface area contributed by atoms with E-state index in [1.807, 2.05) is 6.92 Å². The Morgan fingerprint density at radius 3 is 2.53 bits per heavy atom. The van der Waals surface area contributed by atoms with E-state index in [9.17, 15) is 19.2 Å². The first kappa shape index (κ1) is 15.1. The lowest BCUT2D eigenvalue weighted by atomic mass is 9.89. The fourth-order valence-corrected chi connectivity index (χ4v) is 1.62. The summed E-state index contributed by atoms with van der Waals surface area (Å²) in [4.78, 5) is 47.4. The van der Waals surface area contributed by atoms with Gasteiger partial charge in [0.05, 0.1) is 0 Å². The molecule has 0 atom stereocenters. The van der Waals surface area contributed by atoms with Crippen LogP contribution < -0.4 is 10.6 Å². The van der Waals surface area contributed by atoms with Crippen molar-refractivity contribution in [3.8, 4) is 0 Å². The molecule has 0 unspecified atom stereocenters. The molecule has 0 aromatic carbocycles. The van der Waals surface area contributed by atoms with Gasteiger partial charge < -0.3 is 5.32 Å². The minimum Gasteiger partial charge on any atom is -0.356 e. The summed E-state index contributed by atoms with van der Waals surface area (Å²) < 4.78 is 0. The van der Waals surface area contributed by atoms with Gasteiger partial charge in [-0.25, -0.2) is 4.79 Å². The lowest BCUT2D eigenvalue weighted by molar-refractivity contribution is -0.149. The molecule has 2 N–H and O–H groups in total. The average Bonchev–Trinajstić information content (AvgIpc) is 2.34. The van der Waals surface area contributed by atoms with E-state index >= 15 is 0 Å². The van der Waals surface area contributed by atoms with Crippen LogP contribution >= 0.6 is 0 Å². The number of imide groups is 2. The Bertz CT molecular complexity index is 417. The molecule has 1 heterocycles. The summed E-state index contributed by atoms with van der Waals surface area (Å²) in [6.07, 6.45) is 0.847. The molecule has 1 aliphatic heterocycles. The maximum absolute atomic E-state index is 12.0. The molecule has 106 valence electrons. The van der Waals surface area contributed by atoms with Gasteiger partial charge in [-0.1, -0.05) is 6.92 Å². The number of nitrogens with one attached hydrogen (secondary N) is 2. The van der Waals surface area contributed by atoms with Crippen molar-refractivity contribution in [2.24, 2.45) is 5.41 Å². The van der Waals surface area contributed by atoms with Crippen LogP contribution in [0.2, 0.25) is 0 Å². The lowest BCUT2D eigenvalue weighted by Crippen LogP contribution is -2.62. The number of hydrogen-bond donors (Lipinski definition) is 2. The zero-order valence-corrected chi connectivity index (χ0v) is 11.4. The standard InChI is InChI=1S/C12H19N3O4/c1-4-6-13-8(16)5-7-15-10(18)12(2,3)9(17)14-11(15)19/h4-7H2,1-3H3,(H,13,16)(H,14,17,19). The third kappa shape index (κ3) is 3.30. The Kier molecular flexibility index (Phi) is 4.63. The number of carbonyl (C=O) groups is 4. The van der Waals surface area contributed by atoms with Crippen molar-refractivity contribution in [2.45, 2.75) is 33.6 Å². The predicted molar refractivity (Wildman–Crippen MR) is 67.0 cm³/mol. The number of carbonyl (C=O) groups excluding carboxylic acids is 4. The van der Waals surface area contributed by atoms with E-state index < -0.39 is 23.3 Å². The van der Waals surface area contributed by atoms with Gasteiger partial charge in [0.2, 0.25) is 17.7 Å². The molecule has 0 aromatic rings. The number of rotatable bonds is 5. The van der Waals surface area contributed by atoms with Crippen LogP contribution in [0.15, 0.2) is 0 Å². The van der Waals surface area contributed by atoms with Crippen molar-refractivity contribution < 1.29 is 19.2 Å². The second-order valence-corrected chi connectivity index (χ2v) is 4.94. The molecule has 0 bridgehead atoms. The number of nitrogens with zero attached hydrogens (tertiary/aromatic N) is 1. The van der Waals surface area contributed by atoms with Gasteiger partial charge in [-0.15, -0.1) is 0 Å². The highest BCUT2D eigenvalue weighted by Crippen LogP contribution is 2.23. The van der Waals surface area contributed by atoms with Gasteiger partial charge >= 0.3 is 6.03 Å². The second kappa shape index (κ2) is 5.81. The average molecular weight is 269 g/mol. The first-order chi connectivity index (χ1) is 8.80. The van der Waals surface area contributed by atoms with E-state index in [0.717, 1.165) is 11.3 Å². The Hall–Kier alpha value is -1.92. The molecule has 0 aliphatic carbocycles. The van der Waals surface area contributed by atoms with E-state index in [1.165, 1.54) is 13.8 Å². The van der Waals surface area contributed by atoms with Crippen molar-refractivity contribution in [1.82, 2.24) is 15.5 Å². The Balaban J connectivity index is 2.62. The molecule has 5 amide bonds. The Labute approximate surface area is 111 Å². The minimum atomic E-state index is -1.28. The van der Waals surface area contributed by atoms with Gasteiger partial charge in [-0.05, 0) is 20.3 Å². The molecule has 7 nitrogen and oxygen atoms in total. The molecule has 0 spiro atoms. The van der Waals surface area contributed by atoms with Crippen molar-refractivity contribution in [3.63, 3.8) is 0 Å².